The van der Waals surface area contributed by atoms with Crippen LogP contribution in [0.2, 0.25) is 0 Å². The van der Waals surface area contributed by atoms with Crippen molar-refractivity contribution >= 4 is 11.0 Å². The molecule has 1 heterocycles. The minimum absolute atomic E-state index is 0.328. The fourth-order valence-electron chi connectivity index (χ4n) is 1.88. The third kappa shape index (κ3) is 2.39. The summed E-state index contributed by atoms with van der Waals surface area (Å²) < 4.78 is 10.3. The minimum atomic E-state index is -0.328. The molecule has 1 aromatic carbocycles. The van der Waals surface area contributed by atoms with E-state index in [1.54, 1.807) is 7.11 Å². The highest BCUT2D eigenvalue weighted by Gasteiger charge is 2.07. The Hall–Kier alpha value is -1.61. The zero-order valence-corrected chi connectivity index (χ0v) is 10.3. The fraction of sp³-hybridized carbons (Fsp3) is 0.357. The first-order chi connectivity index (χ1) is 8.11. The van der Waals surface area contributed by atoms with Gasteiger partial charge in [0.1, 0.15) is 5.58 Å². The fourth-order valence-corrected chi connectivity index (χ4v) is 1.88. The number of hydrogen-bond acceptors (Lipinski definition) is 3. The summed E-state index contributed by atoms with van der Waals surface area (Å²) in [7, 11) is 1.61. The molecular weight excluding hydrogens is 216 g/mol. The van der Waals surface area contributed by atoms with E-state index in [-0.39, 0.29) is 5.63 Å². The summed E-state index contributed by atoms with van der Waals surface area (Å²) in [4.78, 5) is 11.4. The molecule has 0 saturated carbocycles. The highest BCUT2D eigenvalue weighted by molar-refractivity contribution is 5.80. The van der Waals surface area contributed by atoms with Gasteiger partial charge in [0.25, 0.3) is 0 Å². The van der Waals surface area contributed by atoms with Crippen molar-refractivity contribution in [3.8, 4) is 0 Å². The monoisotopic (exact) mass is 232 g/mol. The second-order valence-electron chi connectivity index (χ2n) is 4.43. The summed E-state index contributed by atoms with van der Waals surface area (Å²) in [6, 6.07) is 7.47. The van der Waals surface area contributed by atoms with Gasteiger partial charge in [0, 0.05) is 18.6 Å². The largest absolute Gasteiger partial charge is 0.423 e. The Bertz CT molecular complexity index is 582. The molecule has 90 valence electrons. The average molecular weight is 232 g/mol. The van der Waals surface area contributed by atoms with Crippen LogP contribution in [0.3, 0.4) is 0 Å². The smallest absolute Gasteiger partial charge is 0.336 e. The molecule has 0 atom stereocenters. The summed E-state index contributed by atoms with van der Waals surface area (Å²) in [5.41, 5.74) is 2.34. The lowest BCUT2D eigenvalue weighted by molar-refractivity contribution is 0.185. The second kappa shape index (κ2) is 4.72. The lowest BCUT2D eigenvalue weighted by Gasteiger charge is -2.08. The number of fused-ring (bicyclic) bond motifs is 1. The van der Waals surface area contributed by atoms with E-state index >= 15 is 0 Å². The Morgan fingerprint density at radius 1 is 1.29 bits per heavy atom. The van der Waals surface area contributed by atoms with Crippen LogP contribution in [0.1, 0.15) is 30.9 Å². The molecule has 0 fully saturated rings. The number of hydrogen-bond donors (Lipinski definition) is 0. The molecule has 0 amide bonds. The van der Waals surface area contributed by atoms with E-state index in [2.05, 4.69) is 19.9 Å². The maximum atomic E-state index is 11.4. The number of benzene rings is 1. The topological polar surface area (TPSA) is 39.4 Å². The van der Waals surface area contributed by atoms with Gasteiger partial charge in [0.15, 0.2) is 0 Å². The first-order valence-corrected chi connectivity index (χ1v) is 5.67. The maximum absolute atomic E-state index is 11.4. The van der Waals surface area contributed by atoms with Crippen LogP contribution in [0, 0.1) is 0 Å². The van der Waals surface area contributed by atoms with Gasteiger partial charge >= 0.3 is 5.63 Å². The SMILES string of the molecule is COCc1cc(=O)oc2cc(C(C)C)ccc12. The normalized spacial score (nSPS) is 11.3. The standard InChI is InChI=1S/C14H16O3/c1-9(2)10-4-5-12-11(8-16-3)7-14(15)17-13(12)6-10/h4-7,9H,8H2,1-3H3. The van der Waals surface area contributed by atoms with Crippen molar-refractivity contribution in [1.82, 2.24) is 0 Å². The zero-order chi connectivity index (χ0) is 12.4. The van der Waals surface area contributed by atoms with Crippen molar-refractivity contribution in [2.45, 2.75) is 26.4 Å². The molecule has 0 N–H and O–H groups in total. The molecule has 2 aromatic rings. The molecule has 0 bridgehead atoms. The predicted molar refractivity (Wildman–Crippen MR) is 67.3 cm³/mol. The quantitative estimate of drug-likeness (QED) is 0.763. The molecule has 3 nitrogen and oxygen atoms in total. The highest BCUT2D eigenvalue weighted by Crippen LogP contribution is 2.23. The number of rotatable bonds is 3. The summed E-state index contributed by atoms with van der Waals surface area (Å²) >= 11 is 0. The molecule has 1 aromatic heterocycles. The molecular formula is C14H16O3. The molecule has 0 unspecified atom stereocenters. The molecule has 0 aliphatic rings. The second-order valence-corrected chi connectivity index (χ2v) is 4.43. The van der Waals surface area contributed by atoms with Gasteiger partial charge in [0.2, 0.25) is 0 Å². The summed E-state index contributed by atoms with van der Waals surface area (Å²) in [6.07, 6.45) is 0. The van der Waals surface area contributed by atoms with E-state index in [4.69, 9.17) is 9.15 Å². The van der Waals surface area contributed by atoms with Crippen LogP contribution in [0.25, 0.3) is 11.0 Å². The van der Waals surface area contributed by atoms with Crippen LogP contribution in [0.5, 0.6) is 0 Å². The maximum Gasteiger partial charge on any atom is 0.336 e. The molecule has 0 saturated heterocycles. The molecule has 0 aliphatic carbocycles. The van der Waals surface area contributed by atoms with Crippen LogP contribution in [-0.4, -0.2) is 7.11 Å². The minimum Gasteiger partial charge on any atom is -0.423 e. The van der Waals surface area contributed by atoms with Gasteiger partial charge in [-0.25, -0.2) is 4.79 Å². The van der Waals surface area contributed by atoms with E-state index in [1.165, 1.54) is 6.07 Å². The first kappa shape index (κ1) is 11.9. The molecule has 17 heavy (non-hydrogen) atoms. The lowest BCUT2D eigenvalue weighted by atomic mass is 10.0. The first-order valence-electron chi connectivity index (χ1n) is 5.67. The number of ether oxygens (including phenoxy) is 1. The van der Waals surface area contributed by atoms with Crippen molar-refractivity contribution in [2.75, 3.05) is 7.11 Å². The highest BCUT2D eigenvalue weighted by atomic mass is 16.5. The van der Waals surface area contributed by atoms with Gasteiger partial charge in [-0.1, -0.05) is 26.0 Å². The Balaban J connectivity index is 2.66. The Morgan fingerprint density at radius 3 is 2.71 bits per heavy atom. The molecule has 0 aliphatic heterocycles. The van der Waals surface area contributed by atoms with E-state index < -0.39 is 0 Å². The van der Waals surface area contributed by atoms with Crippen molar-refractivity contribution in [1.29, 1.82) is 0 Å². The van der Waals surface area contributed by atoms with Crippen molar-refractivity contribution < 1.29 is 9.15 Å². The van der Waals surface area contributed by atoms with E-state index in [1.807, 2.05) is 12.1 Å². The van der Waals surface area contributed by atoms with E-state index in [9.17, 15) is 4.79 Å². The van der Waals surface area contributed by atoms with Gasteiger partial charge < -0.3 is 9.15 Å². The Kier molecular flexibility index (Phi) is 3.29. The van der Waals surface area contributed by atoms with Crippen LogP contribution >= 0.6 is 0 Å². The van der Waals surface area contributed by atoms with Gasteiger partial charge in [0.05, 0.1) is 6.61 Å². The summed E-state index contributed by atoms with van der Waals surface area (Å²) in [6.45, 7) is 4.64. The Labute approximate surface area is 100 Å². The van der Waals surface area contributed by atoms with Crippen molar-refractivity contribution in [2.24, 2.45) is 0 Å². The zero-order valence-electron chi connectivity index (χ0n) is 10.3. The van der Waals surface area contributed by atoms with E-state index in [0.29, 0.717) is 18.1 Å². The van der Waals surface area contributed by atoms with Crippen LogP contribution in [-0.2, 0) is 11.3 Å². The van der Waals surface area contributed by atoms with Gasteiger partial charge in [-0.15, -0.1) is 0 Å². The lowest BCUT2D eigenvalue weighted by Crippen LogP contribution is -2.02. The van der Waals surface area contributed by atoms with Gasteiger partial charge in [-0.2, -0.15) is 0 Å². The predicted octanol–water partition coefficient (Wildman–Crippen LogP) is 3.06. The third-order valence-electron chi connectivity index (χ3n) is 2.82. The summed E-state index contributed by atoms with van der Waals surface area (Å²) in [5, 5.41) is 0.941. The average Bonchev–Trinajstić information content (AvgIpc) is 2.28. The summed E-state index contributed by atoms with van der Waals surface area (Å²) in [5.74, 6) is 0.413. The molecule has 0 spiro atoms. The van der Waals surface area contributed by atoms with E-state index in [0.717, 1.165) is 16.5 Å². The van der Waals surface area contributed by atoms with Crippen molar-refractivity contribution in [3.63, 3.8) is 0 Å². The Morgan fingerprint density at radius 2 is 2.06 bits per heavy atom. The van der Waals surface area contributed by atoms with Crippen LogP contribution in [0.4, 0.5) is 0 Å². The number of methoxy groups -OCH3 is 1. The van der Waals surface area contributed by atoms with Gasteiger partial charge in [-0.05, 0) is 23.1 Å². The van der Waals surface area contributed by atoms with Crippen molar-refractivity contribution in [3.05, 3.63) is 45.8 Å². The third-order valence-corrected chi connectivity index (χ3v) is 2.82. The van der Waals surface area contributed by atoms with Gasteiger partial charge in [-0.3, -0.25) is 0 Å². The molecule has 0 radical (unpaired) electrons. The molecule has 3 heteroatoms. The van der Waals surface area contributed by atoms with Crippen LogP contribution in [0.15, 0.2) is 33.5 Å². The molecule has 2 rings (SSSR count). The van der Waals surface area contributed by atoms with Crippen LogP contribution < -0.4 is 5.63 Å².